The highest BCUT2D eigenvalue weighted by molar-refractivity contribution is 6.43. The number of ether oxygens (including phenoxy) is 1. The molecule has 0 aliphatic heterocycles. The lowest BCUT2D eigenvalue weighted by molar-refractivity contribution is 0.0500. The quantitative estimate of drug-likeness (QED) is 0.774. The summed E-state index contributed by atoms with van der Waals surface area (Å²) in [5.74, 6) is -0.171. The molecule has 0 radical (unpaired) electrons. The van der Waals surface area contributed by atoms with E-state index in [0.717, 1.165) is 0 Å². The molecule has 0 heterocycles. The van der Waals surface area contributed by atoms with Crippen molar-refractivity contribution in [3.05, 3.63) is 33.8 Å². The minimum absolute atomic E-state index is 0.135. The third-order valence-electron chi connectivity index (χ3n) is 2.90. The number of rotatable bonds is 5. The van der Waals surface area contributed by atoms with E-state index in [-0.39, 0.29) is 23.3 Å². The van der Waals surface area contributed by atoms with Crippen molar-refractivity contribution in [3.63, 3.8) is 0 Å². The molecule has 22 heavy (non-hydrogen) atoms. The number of carbonyl (C=O) groups is 2. The number of ketones is 1. The highest BCUT2D eigenvalue weighted by atomic mass is 35.5. The van der Waals surface area contributed by atoms with Crippen LogP contribution in [0.2, 0.25) is 10.0 Å². The smallest absolute Gasteiger partial charge is 0.407 e. The number of alkyl carbamates (subject to hydrolysis) is 1. The molecule has 0 saturated heterocycles. The lowest BCUT2D eigenvalue weighted by atomic mass is 10.0. The number of hydrogen-bond acceptors (Lipinski definition) is 3. The van der Waals surface area contributed by atoms with E-state index in [2.05, 4.69) is 5.32 Å². The highest BCUT2D eigenvalue weighted by Gasteiger charge is 2.22. The van der Waals surface area contributed by atoms with Crippen molar-refractivity contribution < 1.29 is 14.3 Å². The van der Waals surface area contributed by atoms with Gasteiger partial charge in [0.15, 0.2) is 5.78 Å². The lowest BCUT2D eigenvalue weighted by Crippen LogP contribution is -2.39. The maximum absolute atomic E-state index is 12.3. The van der Waals surface area contributed by atoms with Crippen LogP contribution in [0.5, 0.6) is 0 Å². The summed E-state index contributed by atoms with van der Waals surface area (Å²) in [6, 6.07) is 4.59. The first-order valence-electron chi connectivity index (χ1n) is 7.10. The summed E-state index contributed by atoms with van der Waals surface area (Å²) in [6.07, 6.45) is 0.197. The van der Waals surface area contributed by atoms with Crippen LogP contribution in [0.3, 0.4) is 0 Å². The molecule has 1 aromatic rings. The second kappa shape index (κ2) is 7.84. The number of benzene rings is 1. The molecule has 0 fully saturated rings. The van der Waals surface area contributed by atoms with E-state index in [1.165, 1.54) is 0 Å². The summed E-state index contributed by atoms with van der Waals surface area (Å²) in [5.41, 5.74) is -0.221. The van der Waals surface area contributed by atoms with E-state index in [4.69, 9.17) is 27.9 Å². The molecule has 0 spiro atoms. The van der Waals surface area contributed by atoms with Crippen LogP contribution < -0.4 is 5.32 Å². The van der Waals surface area contributed by atoms with Crippen molar-refractivity contribution in [2.24, 2.45) is 0 Å². The second-order valence-electron chi connectivity index (χ2n) is 5.98. The fourth-order valence-electron chi connectivity index (χ4n) is 1.82. The van der Waals surface area contributed by atoms with Crippen LogP contribution in [0, 0.1) is 0 Å². The minimum atomic E-state index is -0.581. The summed E-state index contributed by atoms with van der Waals surface area (Å²) in [5, 5.41) is 3.27. The van der Waals surface area contributed by atoms with Crippen molar-refractivity contribution >= 4 is 35.1 Å². The molecule has 0 aliphatic carbocycles. The van der Waals surface area contributed by atoms with Crippen LogP contribution in [0.4, 0.5) is 4.79 Å². The normalized spacial score (nSPS) is 12.6. The predicted octanol–water partition coefficient (Wildman–Crippen LogP) is 4.87. The molecule has 0 aliphatic rings. The number of halogens is 2. The molecule has 0 saturated carbocycles. The van der Waals surface area contributed by atoms with E-state index in [1.54, 1.807) is 39.0 Å². The maximum atomic E-state index is 12.3. The number of amides is 1. The Morgan fingerprint density at radius 1 is 1.27 bits per heavy atom. The highest BCUT2D eigenvalue weighted by Crippen LogP contribution is 2.26. The molecule has 1 N–H and O–H groups in total. The van der Waals surface area contributed by atoms with Gasteiger partial charge in [-0.3, -0.25) is 4.79 Å². The van der Waals surface area contributed by atoms with Gasteiger partial charge < -0.3 is 10.1 Å². The first-order valence-corrected chi connectivity index (χ1v) is 7.86. The molecule has 1 atom stereocenters. The van der Waals surface area contributed by atoms with Gasteiger partial charge in [0.05, 0.1) is 10.0 Å². The first-order chi connectivity index (χ1) is 10.1. The standard InChI is InChI=1S/C16H21Cl2NO3/c1-5-10(19-15(21)22-16(2,3)4)9-13(20)11-7-6-8-12(17)14(11)18/h6-8,10H,5,9H2,1-4H3,(H,19,21). The average molecular weight is 346 g/mol. The van der Waals surface area contributed by atoms with Crippen LogP contribution in [0.1, 0.15) is 50.9 Å². The van der Waals surface area contributed by atoms with Gasteiger partial charge in [0, 0.05) is 18.0 Å². The van der Waals surface area contributed by atoms with E-state index >= 15 is 0 Å². The molecular formula is C16H21Cl2NO3. The Labute approximate surface area is 141 Å². The summed E-state index contributed by atoms with van der Waals surface area (Å²) >= 11 is 12.0. The molecular weight excluding hydrogens is 325 g/mol. The van der Waals surface area contributed by atoms with Crippen LogP contribution >= 0.6 is 23.2 Å². The lowest BCUT2D eigenvalue weighted by Gasteiger charge is -2.23. The van der Waals surface area contributed by atoms with Gasteiger partial charge in [-0.2, -0.15) is 0 Å². The van der Waals surface area contributed by atoms with Crippen molar-refractivity contribution in [2.45, 2.75) is 52.2 Å². The molecule has 4 nitrogen and oxygen atoms in total. The van der Waals surface area contributed by atoms with E-state index in [1.807, 2.05) is 6.92 Å². The first kappa shape index (κ1) is 18.8. The SMILES string of the molecule is CCC(CC(=O)c1cccc(Cl)c1Cl)NC(=O)OC(C)(C)C. The number of carbonyl (C=O) groups excluding carboxylic acids is 2. The zero-order chi connectivity index (χ0) is 16.9. The number of nitrogens with one attached hydrogen (secondary N) is 1. The van der Waals surface area contributed by atoms with E-state index in [0.29, 0.717) is 17.0 Å². The molecule has 1 unspecified atom stereocenters. The molecule has 1 amide bonds. The fourth-order valence-corrected chi connectivity index (χ4v) is 2.23. The van der Waals surface area contributed by atoms with Crippen molar-refractivity contribution in [1.29, 1.82) is 0 Å². The Morgan fingerprint density at radius 2 is 1.91 bits per heavy atom. The van der Waals surface area contributed by atoms with Gasteiger partial charge in [0.2, 0.25) is 0 Å². The van der Waals surface area contributed by atoms with Gasteiger partial charge in [-0.25, -0.2) is 4.79 Å². The van der Waals surface area contributed by atoms with Crippen molar-refractivity contribution in [3.8, 4) is 0 Å². The Hall–Kier alpha value is -1.26. The zero-order valence-electron chi connectivity index (χ0n) is 13.2. The van der Waals surface area contributed by atoms with Gasteiger partial charge in [0.1, 0.15) is 5.60 Å². The Morgan fingerprint density at radius 3 is 2.45 bits per heavy atom. The van der Waals surface area contributed by atoms with Crippen molar-refractivity contribution in [2.75, 3.05) is 0 Å². The third kappa shape index (κ3) is 5.85. The van der Waals surface area contributed by atoms with Gasteiger partial charge in [-0.05, 0) is 39.3 Å². The summed E-state index contributed by atoms with van der Waals surface area (Å²) in [4.78, 5) is 24.1. The van der Waals surface area contributed by atoms with Crippen LogP contribution in [0.15, 0.2) is 18.2 Å². The Balaban J connectivity index is 2.72. The molecule has 6 heteroatoms. The monoisotopic (exact) mass is 345 g/mol. The van der Waals surface area contributed by atoms with E-state index in [9.17, 15) is 9.59 Å². The Bertz CT molecular complexity index is 553. The molecule has 1 rings (SSSR count). The molecule has 0 aromatic heterocycles. The molecule has 1 aromatic carbocycles. The fraction of sp³-hybridized carbons (Fsp3) is 0.500. The average Bonchev–Trinajstić information content (AvgIpc) is 2.38. The van der Waals surface area contributed by atoms with Gasteiger partial charge in [-0.15, -0.1) is 0 Å². The minimum Gasteiger partial charge on any atom is -0.444 e. The summed E-state index contributed by atoms with van der Waals surface area (Å²) in [6.45, 7) is 7.23. The third-order valence-corrected chi connectivity index (χ3v) is 3.72. The van der Waals surface area contributed by atoms with Crippen LogP contribution in [-0.2, 0) is 4.74 Å². The van der Waals surface area contributed by atoms with Gasteiger partial charge in [0.25, 0.3) is 0 Å². The maximum Gasteiger partial charge on any atom is 0.407 e. The largest absolute Gasteiger partial charge is 0.444 e. The van der Waals surface area contributed by atoms with Crippen LogP contribution in [-0.4, -0.2) is 23.5 Å². The number of hydrogen-bond donors (Lipinski definition) is 1. The van der Waals surface area contributed by atoms with Gasteiger partial charge in [-0.1, -0.05) is 36.2 Å². The molecule has 0 bridgehead atoms. The number of Topliss-reactive ketones (excluding diaryl/α,β-unsaturated/α-hetero) is 1. The predicted molar refractivity (Wildman–Crippen MR) is 88.9 cm³/mol. The summed E-state index contributed by atoms with van der Waals surface area (Å²) in [7, 11) is 0. The zero-order valence-corrected chi connectivity index (χ0v) is 14.7. The molecule has 122 valence electrons. The summed E-state index contributed by atoms with van der Waals surface area (Å²) < 4.78 is 5.19. The van der Waals surface area contributed by atoms with Crippen LogP contribution in [0.25, 0.3) is 0 Å². The second-order valence-corrected chi connectivity index (χ2v) is 6.77. The van der Waals surface area contributed by atoms with Gasteiger partial charge >= 0.3 is 6.09 Å². The topological polar surface area (TPSA) is 55.4 Å². The van der Waals surface area contributed by atoms with Crippen molar-refractivity contribution in [1.82, 2.24) is 5.32 Å². The Kier molecular flexibility index (Phi) is 6.69. The van der Waals surface area contributed by atoms with E-state index < -0.39 is 11.7 Å².